The highest BCUT2D eigenvalue weighted by Crippen LogP contribution is 2.31. The van der Waals surface area contributed by atoms with E-state index in [1.807, 2.05) is 19.9 Å². The van der Waals surface area contributed by atoms with Crippen molar-refractivity contribution >= 4 is 15.9 Å². The first-order valence-electron chi connectivity index (χ1n) is 9.88. The molecule has 0 aliphatic carbocycles. The summed E-state index contributed by atoms with van der Waals surface area (Å²) in [7, 11) is -0.620. The number of hydrogen-bond donors (Lipinski definition) is 1. The first kappa shape index (κ1) is 22.1. The van der Waals surface area contributed by atoms with Crippen molar-refractivity contribution < 1.29 is 22.7 Å². The normalized spacial score (nSPS) is 18.1. The van der Waals surface area contributed by atoms with Gasteiger partial charge in [-0.3, -0.25) is 4.79 Å². The average molecular weight is 433 g/mol. The van der Waals surface area contributed by atoms with Crippen molar-refractivity contribution in [3.63, 3.8) is 0 Å². The number of carbonyl (C=O) groups is 1. The topological polar surface area (TPSA) is 84.9 Å². The van der Waals surface area contributed by atoms with Crippen LogP contribution in [0.3, 0.4) is 0 Å². The van der Waals surface area contributed by atoms with E-state index in [0.29, 0.717) is 30.9 Å². The van der Waals surface area contributed by atoms with Crippen LogP contribution in [0.5, 0.6) is 11.5 Å². The monoisotopic (exact) mass is 432 g/mol. The number of hydrogen-bond acceptors (Lipinski definition) is 5. The zero-order valence-electron chi connectivity index (χ0n) is 17.7. The van der Waals surface area contributed by atoms with Crippen molar-refractivity contribution in [3.8, 4) is 11.5 Å². The van der Waals surface area contributed by atoms with Gasteiger partial charge >= 0.3 is 0 Å². The fourth-order valence-electron chi connectivity index (χ4n) is 3.65. The first-order chi connectivity index (χ1) is 14.3. The van der Waals surface area contributed by atoms with Crippen molar-refractivity contribution in [2.75, 3.05) is 20.8 Å². The Balaban J connectivity index is 1.76. The van der Waals surface area contributed by atoms with Crippen LogP contribution >= 0.6 is 0 Å². The summed E-state index contributed by atoms with van der Waals surface area (Å²) < 4.78 is 38.1. The van der Waals surface area contributed by atoms with Gasteiger partial charge in [0.05, 0.1) is 25.2 Å². The van der Waals surface area contributed by atoms with Gasteiger partial charge in [-0.15, -0.1) is 0 Å². The summed E-state index contributed by atoms with van der Waals surface area (Å²) in [5, 5.41) is 2.95. The van der Waals surface area contributed by atoms with Gasteiger partial charge in [-0.1, -0.05) is 23.8 Å². The summed E-state index contributed by atoms with van der Waals surface area (Å²) in [6.45, 7) is 4.09. The lowest BCUT2D eigenvalue weighted by Crippen LogP contribution is -2.46. The lowest BCUT2D eigenvalue weighted by Gasteiger charge is -2.25. The Bertz CT molecular complexity index is 1000. The van der Waals surface area contributed by atoms with Crippen molar-refractivity contribution in [1.82, 2.24) is 9.62 Å². The Labute approximate surface area is 178 Å². The van der Waals surface area contributed by atoms with E-state index in [4.69, 9.17) is 9.47 Å². The molecule has 162 valence electrons. The number of nitrogens with zero attached hydrogens (tertiary/aromatic N) is 1. The Morgan fingerprint density at radius 1 is 1.10 bits per heavy atom. The van der Waals surface area contributed by atoms with E-state index in [-0.39, 0.29) is 16.8 Å². The van der Waals surface area contributed by atoms with Crippen LogP contribution in [-0.4, -0.2) is 45.4 Å². The minimum absolute atomic E-state index is 0.209. The zero-order valence-corrected chi connectivity index (χ0v) is 18.5. The molecule has 2 atom stereocenters. The maximum Gasteiger partial charge on any atom is 0.243 e. The number of ether oxygens (including phenoxy) is 2. The SMILES string of the molecule is COc1ccc(C(C)NC(=O)[C@@H]2CCCN2S(=O)(=O)c2ccc(C)cc2)cc1OC. The van der Waals surface area contributed by atoms with E-state index < -0.39 is 16.1 Å². The molecule has 2 aromatic carbocycles. The molecule has 1 unspecified atom stereocenters. The molecule has 1 amide bonds. The number of benzene rings is 2. The van der Waals surface area contributed by atoms with Gasteiger partial charge in [0.25, 0.3) is 0 Å². The molecule has 1 N–H and O–H groups in total. The van der Waals surface area contributed by atoms with Crippen LogP contribution in [0.2, 0.25) is 0 Å². The van der Waals surface area contributed by atoms with Gasteiger partial charge in [-0.2, -0.15) is 4.31 Å². The molecule has 1 saturated heterocycles. The van der Waals surface area contributed by atoms with Crippen LogP contribution in [0.15, 0.2) is 47.4 Å². The van der Waals surface area contributed by atoms with E-state index in [0.717, 1.165) is 11.1 Å². The van der Waals surface area contributed by atoms with Crippen molar-refractivity contribution in [3.05, 3.63) is 53.6 Å². The van der Waals surface area contributed by atoms with Crippen LogP contribution in [0, 0.1) is 6.92 Å². The van der Waals surface area contributed by atoms with Crippen molar-refractivity contribution in [1.29, 1.82) is 0 Å². The van der Waals surface area contributed by atoms with Gasteiger partial charge in [0.2, 0.25) is 15.9 Å². The quantitative estimate of drug-likeness (QED) is 0.727. The Hall–Kier alpha value is -2.58. The molecule has 0 bridgehead atoms. The van der Waals surface area contributed by atoms with E-state index in [9.17, 15) is 13.2 Å². The third kappa shape index (κ3) is 4.44. The van der Waals surface area contributed by atoms with Crippen LogP contribution in [0.4, 0.5) is 0 Å². The van der Waals surface area contributed by atoms with E-state index in [1.165, 1.54) is 4.31 Å². The molecule has 0 saturated carbocycles. The number of carbonyl (C=O) groups excluding carboxylic acids is 1. The van der Waals surface area contributed by atoms with Gasteiger partial charge in [0.15, 0.2) is 11.5 Å². The van der Waals surface area contributed by atoms with Gasteiger partial charge in [0.1, 0.15) is 6.04 Å². The maximum absolute atomic E-state index is 13.1. The molecule has 1 fully saturated rings. The highest BCUT2D eigenvalue weighted by molar-refractivity contribution is 7.89. The number of amides is 1. The Morgan fingerprint density at radius 2 is 1.77 bits per heavy atom. The number of aryl methyl sites for hydroxylation is 1. The molecule has 1 heterocycles. The smallest absolute Gasteiger partial charge is 0.243 e. The third-order valence-corrected chi connectivity index (χ3v) is 7.32. The minimum Gasteiger partial charge on any atom is -0.493 e. The lowest BCUT2D eigenvalue weighted by molar-refractivity contribution is -0.124. The summed E-state index contributed by atoms with van der Waals surface area (Å²) in [6, 6.07) is 11.1. The summed E-state index contributed by atoms with van der Waals surface area (Å²) >= 11 is 0. The molecule has 0 aromatic heterocycles. The van der Waals surface area contributed by atoms with Crippen molar-refractivity contribution in [2.45, 2.75) is 43.7 Å². The van der Waals surface area contributed by atoms with Gasteiger partial charge in [0, 0.05) is 6.54 Å². The molecule has 0 spiro atoms. The second-order valence-corrected chi connectivity index (χ2v) is 9.32. The maximum atomic E-state index is 13.1. The molecule has 30 heavy (non-hydrogen) atoms. The standard InChI is InChI=1S/C22H28N2O5S/c1-15-7-10-18(11-8-15)30(26,27)24-13-5-6-19(24)22(25)23-16(2)17-9-12-20(28-3)21(14-17)29-4/h7-12,14,16,19H,5-6,13H2,1-4H3,(H,23,25)/t16?,19-/m0/s1. The van der Waals surface area contributed by atoms with Gasteiger partial charge in [-0.25, -0.2) is 8.42 Å². The first-order valence-corrected chi connectivity index (χ1v) is 11.3. The zero-order chi connectivity index (χ0) is 21.9. The average Bonchev–Trinajstić information content (AvgIpc) is 3.24. The van der Waals surface area contributed by atoms with E-state index in [1.54, 1.807) is 50.6 Å². The predicted molar refractivity (Wildman–Crippen MR) is 114 cm³/mol. The number of nitrogens with one attached hydrogen (secondary N) is 1. The van der Waals surface area contributed by atoms with Crippen molar-refractivity contribution in [2.24, 2.45) is 0 Å². The van der Waals surface area contributed by atoms with E-state index in [2.05, 4.69) is 5.32 Å². The molecule has 7 nitrogen and oxygen atoms in total. The number of sulfonamides is 1. The second-order valence-electron chi connectivity index (χ2n) is 7.43. The summed E-state index contributed by atoms with van der Waals surface area (Å²) in [6.07, 6.45) is 1.14. The lowest BCUT2D eigenvalue weighted by atomic mass is 10.1. The molecule has 1 aliphatic heterocycles. The minimum atomic E-state index is -3.73. The van der Waals surface area contributed by atoms with Crippen LogP contribution in [-0.2, 0) is 14.8 Å². The molecule has 0 radical (unpaired) electrons. The molecule has 3 rings (SSSR count). The van der Waals surface area contributed by atoms with Gasteiger partial charge in [-0.05, 0) is 56.5 Å². The largest absolute Gasteiger partial charge is 0.493 e. The molecular formula is C22H28N2O5S. The number of methoxy groups -OCH3 is 2. The molecule has 2 aromatic rings. The van der Waals surface area contributed by atoms with Crippen LogP contribution < -0.4 is 14.8 Å². The van der Waals surface area contributed by atoms with Crippen LogP contribution in [0.25, 0.3) is 0 Å². The fourth-order valence-corrected chi connectivity index (χ4v) is 5.31. The summed E-state index contributed by atoms with van der Waals surface area (Å²) in [5.74, 6) is 0.872. The number of rotatable bonds is 7. The Morgan fingerprint density at radius 3 is 2.40 bits per heavy atom. The second kappa shape index (κ2) is 9.06. The molecular weight excluding hydrogens is 404 g/mol. The van der Waals surface area contributed by atoms with Crippen LogP contribution in [0.1, 0.15) is 36.9 Å². The third-order valence-electron chi connectivity index (χ3n) is 5.40. The fraction of sp³-hybridized carbons (Fsp3) is 0.409. The summed E-state index contributed by atoms with van der Waals surface area (Å²) in [5.41, 5.74) is 1.82. The van der Waals surface area contributed by atoms with E-state index >= 15 is 0 Å². The predicted octanol–water partition coefficient (Wildman–Crippen LogP) is 3.04. The molecule has 1 aliphatic rings. The highest BCUT2D eigenvalue weighted by Gasteiger charge is 2.39. The molecule has 8 heteroatoms. The summed E-state index contributed by atoms with van der Waals surface area (Å²) in [4.78, 5) is 13.2. The Kier molecular flexibility index (Phi) is 6.67. The highest BCUT2D eigenvalue weighted by atomic mass is 32.2. The van der Waals surface area contributed by atoms with Gasteiger partial charge < -0.3 is 14.8 Å².